The number of hydrogen-bond acceptors (Lipinski definition) is 4. The highest BCUT2D eigenvalue weighted by molar-refractivity contribution is 5.11. The van der Waals surface area contributed by atoms with Gasteiger partial charge in [-0.25, -0.2) is 0 Å². The summed E-state index contributed by atoms with van der Waals surface area (Å²) in [7, 11) is 0. The van der Waals surface area contributed by atoms with Crippen molar-refractivity contribution in [3.05, 3.63) is 17.5 Å². The van der Waals surface area contributed by atoms with Gasteiger partial charge in [0.15, 0.2) is 0 Å². The minimum Gasteiger partial charge on any atom is -0.388 e. The van der Waals surface area contributed by atoms with E-state index in [-0.39, 0.29) is 0 Å². The van der Waals surface area contributed by atoms with Gasteiger partial charge >= 0.3 is 0 Å². The van der Waals surface area contributed by atoms with Gasteiger partial charge in [-0.15, -0.1) is 0 Å². The van der Waals surface area contributed by atoms with E-state index in [9.17, 15) is 5.11 Å². The van der Waals surface area contributed by atoms with Crippen LogP contribution >= 0.6 is 0 Å². The zero-order valence-electron chi connectivity index (χ0n) is 11.2. The predicted octanol–water partition coefficient (Wildman–Crippen LogP) is 2.29. The summed E-state index contributed by atoms with van der Waals surface area (Å²) in [4.78, 5) is 2.37. The van der Waals surface area contributed by atoms with Crippen LogP contribution < -0.4 is 0 Å². The lowest BCUT2D eigenvalue weighted by Gasteiger charge is -2.27. The van der Waals surface area contributed by atoms with E-state index in [1.165, 1.54) is 6.42 Å². The van der Waals surface area contributed by atoms with Gasteiger partial charge in [0.25, 0.3) is 0 Å². The van der Waals surface area contributed by atoms with E-state index in [4.69, 9.17) is 4.52 Å². The smallest absolute Gasteiger partial charge is 0.139 e. The Kier molecular flexibility index (Phi) is 2.94. The van der Waals surface area contributed by atoms with Gasteiger partial charge in [0.1, 0.15) is 5.76 Å². The predicted molar refractivity (Wildman–Crippen MR) is 68.2 cm³/mol. The molecule has 2 heterocycles. The van der Waals surface area contributed by atoms with Crippen LogP contribution in [0.5, 0.6) is 0 Å². The molecule has 0 spiro atoms. The van der Waals surface area contributed by atoms with E-state index in [2.05, 4.69) is 30.0 Å². The molecule has 1 unspecified atom stereocenters. The van der Waals surface area contributed by atoms with Gasteiger partial charge < -0.3 is 9.63 Å². The van der Waals surface area contributed by atoms with Crippen LogP contribution in [-0.4, -0.2) is 33.4 Å². The van der Waals surface area contributed by atoms with Crippen LogP contribution in [0.2, 0.25) is 0 Å². The van der Waals surface area contributed by atoms with Crippen molar-refractivity contribution in [1.82, 2.24) is 10.1 Å². The summed E-state index contributed by atoms with van der Waals surface area (Å²) in [5, 5.41) is 14.4. The maximum absolute atomic E-state index is 10.3. The molecule has 4 heteroatoms. The Hall–Kier alpha value is -0.870. The monoisotopic (exact) mass is 250 g/mol. The Morgan fingerprint density at radius 1 is 1.56 bits per heavy atom. The molecule has 1 atom stereocenters. The standard InChI is InChI=1S/C14H22N2O2/c1-10(2)12-8-11(15-18-12)9-16-7-3-4-13(16)14(17)5-6-14/h8,10,13,17H,3-7,9H2,1-2H3. The molecule has 1 aliphatic carbocycles. The van der Waals surface area contributed by atoms with Crippen LogP contribution in [0.1, 0.15) is 56.9 Å². The Balaban J connectivity index is 1.67. The fraction of sp³-hybridized carbons (Fsp3) is 0.786. The van der Waals surface area contributed by atoms with E-state index < -0.39 is 5.60 Å². The average Bonchev–Trinajstić information content (AvgIpc) is 2.82. The fourth-order valence-electron chi connectivity index (χ4n) is 2.97. The second-order valence-electron chi connectivity index (χ2n) is 6.11. The Bertz CT molecular complexity index is 423. The van der Waals surface area contributed by atoms with Crippen molar-refractivity contribution >= 4 is 0 Å². The zero-order valence-corrected chi connectivity index (χ0v) is 11.2. The minimum absolute atomic E-state index is 0.330. The maximum atomic E-state index is 10.3. The molecule has 0 radical (unpaired) electrons. The molecule has 0 aromatic carbocycles. The van der Waals surface area contributed by atoms with Crippen LogP contribution in [-0.2, 0) is 6.54 Å². The van der Waals surface area contributed by atoms with Crippen molar-refractivity contribution in [3.8, 4) is 0 Å². The molecule has 2 fully saturated rings. The van der Waals surface area contributed by atoms with Crippen molar-refractivity contribution in [1.29, 1.82) is 0 Å². The summed E-state index contributed by atoms with van der Waals surface area (Å²) < 4.78 is 5.33. The first-order valence-electron chi connectivity index (χ1n) is 7.00. The molecular formula is C14H22N2O2. The minimum atomic E-state index is -0.402. The van der Waals surface area contributed by atoms with Crippen molar-refractivity contribution < 1.29 is 9.63 Å². The fourth-order valence-corrected chi connectivity index (χ4v) is 2.97. The largest absolute Gasteiger partial charge is 0.388 e. The zero-order chi connectivity index (χ0) is 12.8. The first-order valence-corrected chi connectivity index (χ1v) is 7.00. The first-order chi connectivity index (χ1) is 8.58. The van der Waals surface area contributed by atoms with Gasteiger partial charge in [0.2, 0.25) is 0 Å². The number of rotatable bonds is 4. The van der Waals surface area contributed by atoms with E-state index in [1.807, 2.05) is 0 Å². The Labute approximate surface area is 108 Å². The average molecular weight is 250 g/mol. The van der Waals surface area contributed by atoms with Gasteiger partial charge in [0.05, 0.1) is 11.3 Å². The highest BCUT2D eigenvalue weighted by Gasteiger charge is 2.51. The lowest BCUT2D eigenvalue weighted by molar-refractivity contribution is 0.0472. The molecule has 0 amide bonds. The maximum Gasteiger partial charge on any atom is 0.139 e. The van der Waals surface area contributed by atoms with Gasteiger partial charge in [-0.05, 0) is 32.2 Å². The molecule has 0 bridgehead atoms. The summed E-state index contributed by atoms with van der Waals surface area (Å²) in [6.07, 6.45) is 4.22. The van der Waals surface area contributed by atoms with Gasteiger partial charge in [0, 0.05) is 24.6 Å². The normalized spacial score (nSPS) is 27.0. The van der Waals surface area contributed by atoms with Gasteiger partial charge in [-0.1, -0.05) is 19.0 Å². The van der Waals surface area contributed by atoms with Crippen LogP contribution in [0.25, 0.3) is 0 Å². The molecule has 100 valence electrons. The lowest BCUT2D eigenvalue weighted by Crippen LogP contribution is -2.40. The lowest BCUT2D eigenvalue weighted by atomic mass is 10.1. The molecule has 1 N–H and O–H groups in total. The Morgan fingerprint density at radius 2 is 2.33 bits per heavy atom. The first kappa shape index (κ1) is 12.2. The molecular weight excluding hydrogens is 228 g/mol. The molecule has 1 aliphatic heterocycles. The number of aromatic nitrogens is 1. The molecule has 4 nitrogen and oxygen atoms in total. The quantitative estimate of drug-likeness (QED) is 0.890. The Morgan fingerprint density at radius 3 is 2.94 bits per heavy atom. The van der Waals surface area contributed by atoms with Crippen molar-refractivity contribution in [3.63, 3.8) is 0 Å². The highest BCUT2D eigenvalue weighted by Crippen LogP contribution is 2.44. The molecule has 18 heavy (non-hydrogen) atoms. The third-order valence-electron chi connectivity index (χ3n) is 4.26. The van der Waals surface area contributed by atoms with Crippen molar-refractivity contribution in [2.75, 3.05) is 6.54 Å². The molecule has 3 rings (SSSR count). The van der Waals surface area contributed by atoms with Crippen molar-refractivity contribution in [2.24, 2.45) is 0 Å². The summed E-state index contributed by atoms with van der Waals surface area (Å²) in [6.45, 7) is 6.09. The van der Waals surface area contributed by atoms with Crippen LogP contribution in [0.3, 0.4) is 0 Å². The van der Waals surface area contributed by atoms with Gasteiger partial charge in [-0.3, -0.25) is 4.90 Å². The van der Waals surface area contributed by atoms with Crippen LogP contribution in [0.4, 0.5) is 0 Å². The second-order valence-corrected chi connectivity index (χ2v) is 6.11. The highest BCUT2D eigenvalue weighted by atomic mass is 16.5. The second kappa shape index (κ2) is 4.35. The third kappa shape index (κ3) is 2.19. The summed E-state index contributed by atoms with van der Waals surface area (Å²) in [5.74, 6) is 1.33. The summed E-state index contributed by atoms with van der Waals surface area (Å²) in [6, 6.07) is 2.38. The van der Waals surface area contributed by atoms with Gasteiger partial charge in [-0.2, -0.15) is 0 Å². The number of likely N-dealkylation sites (tertiary alicyclic amines) is 1. The van der Waals surface area contributed by atoms with Crippen LogP contribution in [0.15, 0.2) is 10.6 Å². The molecule has 1 aromatic rings. The van der Waals surface area contributed by atoms with E-state index in [0.29, 0.717) is 12.0 Å². The number of hydrogen-bond donors (Lipinski definition) is 1. The number of nitrogens with zero attached hydrogens (tertiary/aromatic N) is 2. The van der Waals surface area contributed by atoms with E-state index in [0.717, 1.165) is 43.8 Å². The SMILES string of the molecule is CC(C)c1cc(CN2CCCC2C2(O)CC2)no1. The van der Waals surface area contributed by atoms with E-state index >= 15 is 0 Å². The van der Waals surface area contributed by atoms with Crippen molar-refractivity contribution in [2.45, 2.75) is 63.6 Å². The third-order valence-corrected chi connectivity index (χ3v) is 4.26. The summed E-state index contributed by atoms with van der Waals surface area (Å²) >= 11 is 0. The van der Waals surface area contributed by atoms with Crippen LogP contribution in [0, 0.1) is 0 Å². The number of aliphatic hydroxyl groups is 1. The summed E-state index contributed by atoms with van der Waals surface area (Å²) in [5.41, 5.74) is 0.594. The molecule has 1 aromatic heterocycles. The molecule has 2 aliphatic rings. The molecule has 1 saturated heterocycles. The molecule has 1 saturated carbocycles. The topological polar surface area (TPSA) is 49.5 Å². The van der Waals surface area contributed by atoms with E-state index in [1.54, 1.807) is 0 Å².